The maximum Gasteiger partial charge on any atom is 0.0162 e. The van der Waals surface area contributed by atoms with Crippen LogP contribution < -0.4 is 0 Å². The molecule has 4 rings (SSSR count). The van der Waals surface area contributed by atoms with Gasteiger partial charge >= 0.3 is 0 Å². The molecule has 0 unspecified atom stereocenters. The summed E-state index contributed by atoms with van der Waals surface area (Å²) in [5.41, 5.74) is 9.15. The van der Waals surface area contributed by atoms with Crippen molar-refractivity contribution in [1.82, 2.24) is 0 Å². The van der Waals surface area contributed by atoms with Crippen molar-refractivity contribution in [2.75, 3.05) is 0 Å². The lowest BCUT2D eigenvalue weighted by molar-refractivity contribution is 0.267. The van der Waals surface area contributed by atoms with Crippen LogP contribution in [0.2, 0.25) is 0 Å². The highest BCUT2D eigenvalue weighted by molar-refractivity contribution is 5.80. The molecule has 2 aromatic rings. The van der Waals surface area contributed by atoms with E-state index in [9.17, 15) is 0 Å². The number of hydrogen-bond acceptors (Lipinski definition) is 0. The minimum Gasteiger partial charge on any atom is -0.0771 e. The molecule has 0 heterocycles. The molecule has 0 fully saturated rings. The van der Waals surface area contributed by atoms with Gasteiger partial charge in [-0.05, 0) is 49.6 Å². The maximum atomic E-state index is 2.50. The van der Waals surface area contributed by atoms with Crippen molar-refractivity contribution >= 4 is 0 Å². The van der Waals surface area contributed by atoms with Crippen LogP contribution in [0.1, 0.15) is 83.6 Å². The van der Waals surface area contributed by atoms with Gasteiger partial charge in [0.1, 0.15) is 0 Å². The van der Waals surface area contributed by atoms with Gasteiger partial charge in [0.25, 0.3) is 0 Å². The zero-order valence-corrected chi connectivity index (χ0v) is 19.4. The quantitative estimate of drug-likeness (QED) is 0.490. The zero-order chi connectivity index (χ0) is 21.2. The van der Waals surface area contributed by atoms with Crippen LogP contribution in [-0.4, -0.2) is 0 Å². The number of benzene rings is 2. The fraction of sp³-hybridized carbons (Fsp3) is 0.448. The molecule has 0 atom stereocenters. The Kier molecular flexibility index (Phi) is 4.50. The molecule has 0 nitrogen and oxygen atoms in total. The summed E-state index contributed by atoms with van der Waals surface area (Å²) >= 11 is 0. The molecule has 0 amide bonds. The van der Waals surface area contributed by atoms with Crippen molar-refractivity contribution < 1.29 is 0 Å². The molecule has 0 radical (unpaired) electrons. The van der Waals surface area contributed by atoms with E-state index in [1.165, 1.54) is 33.4 Å². The normalized spacial score (nSPS) is 17.1. The van der Waals surface area contributed by atoms with Gasteiger partial charge in [0.05, 0.1) is 0 Å². The van der Waals surface area contributed by atoms with E-state index in [-0.39, 0.29) is 16.2 Å². The van der Waals surface area contributed by atoms with Crippen molar-refractivity contribution in [2.24, 2.45) is 11.3 Å². The Labute approximate surface area is 177 Å². The Morgan fingerprint density at radius 1 is 0.586 bits per heavy atom. The highest BCUT2D eigenvalue weighted by Crippen LogP contribution is 2.57. The zero-order valence-electron chi connectivity index (χ0n) is 19.4. The molecule has 0 bridgehead atoms. The summed E-state index contributed by atoms with van der Waals surface area (Å²) in [5.74, 6) is 0.859. The van der Waals surface area contributed by atoms with Crippen LogP contribution in [0.4, 0.5) is 0 Å². The van der Waals surface area contributed by atoms with Crippen LogP contribution in [0.3, 0.4) is 0 Å². The van der Waals surface area contributed by atoms with E-state index in [1.807, 2.05) is 0 Å². The second kappa shape index (κ2) is 6.46. The molecule has 0 saturated heterocycles. The minimum atomic E-state index is 0.108. The van der Waals surface area contributed by atoms with Crippen LogP contribution in [0.5, 0.6) is 0 Å². The largest absolute Gasteiger partial charge is 0.0771 e. The molecule has 0 saturated carbocycles. The van der Waals surface area contributed by atoms with E-state index in [0.29, 0.717) is 11.8 Å². The topological polar surface area (TPSA) is 0 Å². The molecule has 0 N–H and O–H groups in total. The predicted octanol–water partition coefficient (Wildman–Crippen LogP) is 8.16. The average molecular weight is 385 g/mol. The second-order valence-corrected chi connectivity index (χ2v) is 11.7. The Balaban J connectivity index is 1.96. The molecule has 152 valence electrons. The van der Waals surface area contributed by atoms with Gasteiger partial charge in [-0.25, -0.2) is 0 Å². The molecule has 0 heteroatoms. The van der Waals surface area contributed by atoms with E-state index >= 15 is 0 Å². The number of fused-ring (bicyclic) bond motifs is 3. The van der Waals surface area contributed by atoms with E-state index < -0.39 is 0 Å². The summed E-state index contributed by atoms with van der Waals surface area (Å²) in [7, 11) is 0. The number of allylic oxidation sites excluding steroid dienone is 4. The summed E-state index contributed by atoms with van der Waals surface area (Å²) in [4.78, 5) is 0. The lowest BCUT2D eigenvalue weighted by Gasteiger charge is -2.38. The van der Waals surface area contributed by atoms with Crippen molar-refractivity contribution in [3.63, 3.8) is 0 Å². The predicted molar refractivity (Wildman–Crippen MR) is 127 cm³/mol. The van der Waals surface area contributed by atoms with Crippen LogP contribution in [0.15, 0.2) is 60.7 Å². The molecule has 2 aliphatic carbocycles. The van der Waals surface area contributed by atoms with Gasteiger partial charge in [-0.2, -0.15) is 0 Å². The first kappa shape index (κ1) is 20.2. The number of hydrogen-bond donors (Lipinski definition) is 0. The maximum absolute atomic E-state index is 2.50. The lowest BCUT2D eigenvalue weighted by atomic mass is 9.65. The van der Waals surface area contributed by atoms with Crippen LogP contribution >= 0.6 is 0 Å². The Morgan fingerprint density at radius 2 is 1.00 bits per heavy atom. The summed E-state index contributed by atoms with van der Waals surface area (Å²) < 4.78 is 0. The smallest absolute Gasteiger partial charge is 0.0162 e. The standard InChI is InChI=1S/C29H36/c1-27(2,3)20-13-15-22-23-16-14-21(28(4,5)6)18-25(23)26(24(22)17-20)29(7,8)19-11-9-10-12-19/h9-19,26H,1-8H3. The SMILES string of the molecule is CC(C)(C)c1ccc2c(c1)C(C(C)(C)C1C=CC=C1)c1cc(C(C)(C)C)ccc1-2. The van der Waals surface area contributed by atoms with Crippen molar-refractivity contribution in [1.29, 1.82) is 0 Å². The molecule has 0 aliphatic heterocycles. The van der Waals surface area contributed by atoms with Crippen LogP contribution in [0.25, 0.3) is 11.1 Å². The first-order valence-corrected chi connectivity index (χ1v) is 11.0. The van der Waals surface area contributed by atoms with Gasteiger partial charge in [0.2, 0.25) is 0 Å². The summed E-state index contributed by atoms with van der Waals surface area (Å²) in [6, 6.07) is 14.4. The Morgan fingerprint density at radius 3 is 1.38 bits per heavy atom. The van der Waals surface area contributed by atoms with E-state index in [1.54, 1.807) is 0 Å². The third kappa shape index (κ3) is 3.31. The monoisotopic (exact) mass is 384 g/mol. The van der Waals surface area contributed by atoms with Crippen LogP contribution in [0, 0.1) is 11.3 Å². The Hall–Kier alpha value is -2.08. The van der Waals surface area contributed by atoms with Crippen molar-refractivity contribution in [3.05, 3.63) is 83.0 Å². The van der Waals surface area contributed by atoms with Gasteiger partial charge in [0, 0.05) is 11.8 Å². The molecule has 0 spiro atoms. The molecular weight excluding hydrogens is 348 g/mol. The minimum absolute atomic E-state index is 0.108. The third-order valence-electron chi connectivity index (χ3n) is 7.10. The third-order valence-corrected chi connectivity index (χ3v) is 7.10. The van der Waals surface area contributed by atoms with E-state index in [0.717, 1.165) is 0 Å². The molecule has 2 aliphatic rings. The van der Waals surface area contributed by atoms with Crippen molar-refractivity contribution in [2.45, 2.75) is 72.1 Å². The first-order valence-electron chi connectivity index (χ1n) is 11.0. The fourth-order valence-electron chi connectivity index (χ4n) is 5.12. The molecule has 0 aromatic heterocycles. The van der Waals surface area contributed by atoms with Gasteiger partial charge in [-0.1, -0.05) is 116 Å². The molecule has 2 aromatic carbocycles. The fourth-order valence-corrected chi connectivity index (χ4v) is 5.12. The Bertz CT molecular complexity index is 924. The average Bonchev–Trinajstić information content (AvgIpc) is 3.26. The molecular formula is C29H36. The second-order valence-electron chi connectivity index (χ2n) is 11.7. The summed E-state index contributed by atoms with van der Waals surface area (Å²) in [6.07, 6.45) is 9.17. The first-order chi connectivity index (χ1) is 13.4. The number of rotatable bonds is 2. The van der Waals surface area contributed by atoms with Gasteiger partial charge in [-0.3, -0.25) is 0 Å². The van der Waals surface area contributed by atoms with Gasteiger partial charge in [-0.15, -0.1) is 0 Å². The summed E-state index contributed by atoms with van der Waals surface area (Å²) in [6.45, 7) is 18.8. The van der Waals surface area contributed by atoms with E-state index in [4.69, 9.17) is 0 Å². The van der Waals surface area contributed by atoms with Gasteiger partial charge < -0.3 is 0 Å². The summed E-state index contributed by atoms with van der Waals surface area (Å²) in [5, 5.41) is 0. The lowest BCUT2D eigenvalue weighted by Crippen LogP contribution is -2.29. The van der Waals surface area contributed by atoms with Crippen LogP contribution in [-0.2, 0) is 10.8 Å². The van der Waals surface area contributed by atoms with Crippen molar-refractivity contribution in [3.8, 4) is 11.1 Å². The van der Waals surface area contributed by atoms with E-state index in [2.05, 4.69) is 116 Å². The highest BCUT2D eigenvalue weighted by Gasteiger charge is 2.43. The van der Waals surface area contributed by atoms with Gasteiger partial charge in [0.15, 0.2) is 0 Å². The highest BCUT2D eigenvalue weighted by atomic mass is 14.5. The molecule has 29 heavy (non-hydrogen) atoms.